The number of nitrogens with one attached hydrogen (secondary N) is 1. The molecule has 2 aromatic rings. The maximum atomic E-state index is 6.14. The highest BCUT2D eigenvalue weighted by Gasteiger charge is 2.23. The first-order valence-electron chi connectivity index (χ1n) is 6.32. The SMILES string of the molecule is CCNC(c1cc(Cl)ccc1OC)c1c(Br)cnn1C. The molecule has 1 atom stereocenters. The predicted molar refractivity (Wildman–Crippen MR) is 84.4 cm³/mol. The third-order valence-electron chi connectivity index (χ3n) is 3.12. The maximum absolute atomic E-state index is 6.14. The molecule has 0 saturated heterocycles. The molecule has 108 valence electrons. The number of halogens is 2. The van der Waals surface area contributed by atoms with Crippen molar-refractivity contribution in [1.29, 1.82) is 0 Å². The third-order valence-corrected chi connectivity index (χ3v) is 3.97. The van der Waals surface area contributed by atoms with Crippen LogP contribution >= 0.6 is 27.5 Å². The Morgan fingerprint density at radius 1 is 1.50 bits per heavy atom. The average molecular weight is 359 g/mol. The minimum Gasteiger partial charge on any atom is -0.496 e. The summed E-state index contributed by atoms with van der Waals surface area (Å²) in [6.45, 7) is 2.88. The van der Waals surface area contributed by atoms with E-state index in [-0.39, 0.29) is 6.04 Å². The molecule has 0 fully saturated rings. The van der Waals surface area contributed by atoms with Crippen LogP contribution in [0.25, 0.3) is 0 Å². The van der Waals surface area contributed by atoms with Crippen molar-refractivity contribution in [3.8, 4) is 5.75 Å². The molecular formula is C14H17BrClN3O. The third kappa shape index (κ3) is 3.00. The number of benzene rings is 1. The van der Waals surface area contributed by atoms with Crippen LogP contribution in [0.15, 0.2) is 28.9 Å². The molecule has 1 aromatic carbocycles. The number of nitrogens with zero attached hydrogens (tertiary/aromatic N) is 2. The average Bonchev–Trinajstić information content (AvgIpc) is 2.76. The molecule has 1 N–H and O–H groups in total. The number of methoxy groups -OCH3 is 1. The zero-order valence-electron chi connectivity index (χ0n) is 11.7. The second kappa shape index (κ2) is 6.61. The molecule has 0 bridgehead atoms. The van der Waals surface area contributed by atoms with E-state index in [1.165, 1.54) is 0 Å². The largest absolute Gasteiger partial charge is 0.496 e. The van der Waals surface area contributed by atoms with Crippen LogP contribution in [0.1, 0.15) is 24.2 Å². The van der Waals surface area contributed by atoms with E-state index in [4.69, 9.17) is 16.3 Å². The van der Waals surface area contributed by atoms with Gasteiger partial charge >= 0.3 is 0 Å². The van der Waals surface area contributed by atoms with Crippen LogP contribution in [0, 0.1) is 0 Å². The summed E-state index contributed by atoms with van der Waals surface area (Å²) in [5.74, 6) is 0.799. The van der Waals surface area contributed by atoms with E-state index in [0.29, 0.717) is 5.02 Å². The second-order valence-electron chi connectivity index (χ2n) is 4.38. The molecule has 0 aliphatic carbocycles. The highest BCUT2D eigenvalue weighted by atomic mass is 79.9. The molecule has 2 rings (SSSR count). The van der Waals surface area contributed by atoms with Crippen LogP contribution in [0.2, 0.25) is 5.02 Å². The van der Waals surface area contributed by atoms with Crippen LogP contribution in [0.3, 0.4) is 0 Å². The van der Waals surface area contributed by atoms with Gasteiger partial charge in [-0.05, 0) is 40.7 Å². The summed E-state index contributed by atoms with van der Waals surface area (Å²) in [6.07, 6.45) is 1.79. The summed E-state index contributed by atoms with van der Waals surface area (Å²) in [7, 11) is 3.58. The lowest BCUT2D eigenvalue weighted by Gasteiger charge is -2.22. The molecule has 0 radical (unpaired) electrons. The van der Waals surface area contributed by atoms with Crippen LogP contribution < -0.4 is 10.1 Å². The lowest BCUT2D eigenvalue weighted by Crippen LogP contribution is -2.25. The fourth-order valence-electron chi connectivity index (χ4n) is 2.23. The van der Waals surface area contributed by atoms with Crippen molar-refractivity contribution in [2.45, 2.75) is 13.0 Å². The molecule has 0 spiro atoms. The van der Waals surface area contributed by atoms with Gasteiger partial charge in [0.2, 0.25) is 0 Å². The number of rotatable bonds is 5. The summed E-state index contributed by atoms with van der Waals surface area (Å²) >= 11 is 9.69. The van der Waals surface area contributed by atoms with E-state index < -0.39 is 0 Å². The van der Waals surface area contributed by atoms with E-state index in [2.05, 4.69) is 33.3 Å². The molecule has 0 amide bonds. The van der Waals surface area contributed by atoms with Crippen molar-refractivity contribution in [2.75, 3.05) is 13.7 Å². The summed E-state index contributed by atoms with van der Waals surface area (Å²) < 4.78 is 8.26. The molecule has 0 aliphatic rings. The van der Waals surface area contributed by atoms with Gasteiger partial charge in [0.05, 0.1) is 29.5 Å². The molecule has 1 unspecified atom stereocenters. The first-order chi connectivity index (χ1) is 9.58. The summed E-state index contributed by atoms with van der Waals surface area (Å²) in [5, 5.41) is 8.42. The van der Waals surface area contributed by atoms with E-state index in [1.54, 1.807) is 13.3 Å². The Kier molecular flexibility index (Phi) is 5.07. The lowest BCUT2D eigenvalue weighted by atomic mass is 10.0. The Balaban J connectivity index is 2.57. The van der Waals surface area contributed by atoms with Gasteiger partial charge in [0.15, 0.2) is 0 Å². The van der Waals surface area contributed by atoms with Crippen molar-refractivity contribution in [3.63, 3.8) is 0 Å². The van der Waals surface area contributed by atoms with Crippen LogP contribution in [-0.4, -0.2) is 23.4 Å². The van der Waals surface area contributed by atoms with Gasteiger partial charge < -0.3 is 10.1 Å². The molecular weight excluding hydrogens is 342 g/mol. The molecule has 1 heterocycles. The minimum absolute atomic E-state index is 0.0458. The molecule has 0 aliphatic heterocycles. The first-order valence-corrected chi connectivity index (χ1v) is 7.49. The van der Waals surface area contributed by atoms with Gasteiger partial charge in [-0.15, -0.1) is 0 Å². The van der Waals surface area contributed by atoms with Gasteiger partial charge in [0.1, 0.15) is 5.75 Å². The van der Waals surface area contributed by atoms with Crippen LogP contribution in [-0.2, 0) is 7.05 Å². The number of hydrogen-bond donors (Lipinski definition) is 1. The van der Waals surface area contributed by atoms with Crippen LogP contribution in [0.5, 0.6) is 5.75 Å². The lowest BCUT2D eigenvalue weighted by molar-refractivity contribution is 0.402. The topological polar surface area (TPSA) is 39.1 Å². The zero-order chi connectivity index (χ0) is 14.7. The van der Waals surface area contributed by atoms with E-state index in [1.807, 2.05) is 29.9 Å². The van der Waals surface area contributed by atoms with E-state index >= 15 is 0 Å². The Morgan fingerprint density at radius 2 is 2.25 bits per heavy atom. The summed E-state index contributed by atoms with van der Waals surface area (Å²) in [4.78, 5) is 0. The Labute approximate surface area is 132 Å². The number of aryl methyl sites for hydroxylation is 1. The number of ether oxygens (including phenoxy) is 1. The normalized spacial score (nSPS) is 12.4. The van der Waals surface area contributed by atoms with Crippen molar-refractivity contribution in [3.05, 3.63) is 45.1 Å². The predicted octanol–water partition coefficient (Wildman–Crippen LogP) is 3.54. The van der Waals surface area contributed by atoms with Gasteiger partial charge in [-0.25, -0.2) is 0 Å². The number of aromatic nitrogens is 2. The van der Waals surface area contributed by atoms with Gasteiger partial charge in [0.25, 0.3) is 0 Å². The van der Waals surface area contributed by atoms with Crippen LogP contribution in [0.4, 0.5) is 0 Å². The fraction of sp³-hybridized carbons (Fsp3) is 0.357. The monoisotopic (exact) mass is 357 g/mol. The van der Waals surface area contributed by atoms with Gasteiger partial charge in [-0.1, -0.05) is 18.5 Å². The molecule has 4 nitrogen and oxygen atoms in total. The van der Waals surface area contributed by atoms with Gasteiger partial charge in [0, 0.05) is 17.6 Å². The highest BCUT2D eigenvalue weighted by molar-refractivity contribution is 9.10. The van der Waals surface area contributed by atoms with Crippen molar-refractivity contribution in [2.24, 2.45) is 7.05 Å². The first kappa shape index (κ1) is 15.4. The standard InChI is InChI=1S/C14H17BrClN3O/c1-4-17-13(14-11(15)8-18-19(14)2)10-7-9(16)5-6-12(10)20-3/h5-8,13,17H,4H2,1-3H3. The minimum atomic E-state index is -0.0458. The smallest absolute Gasteiger partial charge is 0.124 e. The van der Waals surface area contributed by atoms with Crippen molar-refractivity contribution >= 4 is 27.5 Å². The Hall–Kier alpha value is -1.04. The fourth-order valence-corrected chi connectivity index (χ4v) is 2.99. The van der Waals surface area contributed by atoms with E-state index in [9.17, 15) is 0 Å². The Bertz CT molecular complexity index is 581. The zero-order valence-corrected chi connectivity index (χ0v) is 14.0. The molecule has 0 saturated carbocycles. The highest BCUT2D eigenvalue weighted by Crippen LogP contribution is 2.35. The van der Waals surface area contributed by atoms with Crippen molar-refractivity contribution < 1.29 is 4.74 Å². The second-order valence-corrected chi connectivity index (χ2v) is 5.67. The number of hydrogen-bond acceptors (Lipinski definition) is 3. The van der Waals surface area contributed by atoms with E-state index in [0.717, 1.165) is 28.0 Å². The quantitative estimate of drug-likeness (QED) is 0.888. The molecule has 6 heteroatoms. The molecule has 1 aromatic heterocycles. The molecule has 20 heavy (non-hydrogen) atoms. The van der Waals surface area contributed by atoms with Gasteiger partial charge in [-0.2, -0.15) is 5.10 Å². The summed E-state index contributed by atoms with van der Waals surface area (Å²) in [5.41, 5.74) is 2.03. The summed E-state index contributed by atoms with van der Waals surface area (Å²) in [6, 6.07) is 5.58. The Morgan fingerprint density at radius 3 is 2.80 bits per heavy atom. The van der Waals surface area contributed by atoms with Crippen molar-refractivity contribution in [1.82, 2.24) is 15.1 Å². The van der Waals surface area contributed by atoms with Gasteiger partial charge in [-0.3, -0.25) is 4.68 Å². The maximum Gasteiger partial charge on any atom is 0.124 e.